The second-order valence-corrected chi connectivity index (χ2v) is 4.01. The summed E-state index contributed by atoms with van der Waals surface area (Å²) >= 11 is 0. The van der Waals surface area contributed by atoms with Gasteiger partial charge in [-0.15, -0.1) is 0 Å². The number of hydrogen-bond acceptors (Lipinski definition) is 2. The Morgan fingerprint density at radius 1 is 1.40 bits per heavy atom. The Labute approximate surface area is 91.6 Å². The highest BCUT2D eigenvalue weighted by atomic mass is 16.5. The van der Waals surface area contributed by atoms with Gasteiger partial charge in [0.2, 0.25) is 0 Å². The van der Waals surface area contributed by atoms with Gasteiger partial charge in [-0.1, -0.05) is 31.2 Å². The molecule has 2 heteroatoms. The summed E-state index contributed by atoms with van der Waals surface area (Å²) in [5.41, 5.74) is 2.82. The molecule has 1 N–H and O–H groups in total. The van der Waals surface area contributed by atoms with Gasteiger partial charge >= 0.3 is 0 Å². The van der Waals surface area contributed by atoms with Crippen LogP contribution >= 0.6 is 0 Å². The number of ether oxygens (including phenoxy) is 1. The summed E-state index contributed by atoms with van der Waals surface area (Å²) in [6.45, 7) is 5.05. The van der Waals surface area contributed by atoms with Crippen molar-refractivity contribution in [2.45, 2.75) is 25.9 Å². The Hall–Kier alpha value is -0.860. The van der Waals surface area contributed by atoms with Crippen LogP contribution in [0.4, 0.5) is 0 Å². The first-order valence-electron chi connectivity index (χ1n) is 5.82. The SMILES string of the molecule is CCCNC[C@@H]1OCCc2ccccc21. The Balaban J connectivity index is 2.02. The van der Waals surface area contributed by atoms with Crippen LogP contribution in [-0.2, 0) is 11.2 Å². The fourth-order valence-corrected chi connectivity index (χ4v) is 2.06. The Morgan fingerprint density at radius 2 is 2.27 bits per heavy atom. The van der Waals surface area contributed by atoms with E-state index in [4.69, 9.17) is 4.74 Å². The van der Waals surface area contributed by atoms with E-state index in [1.165, 1.54) is 17.5 Å². The number of nitrogens with one attached hydrogen (secondary N) is 1. The highest BCUT2D eigenvalue weighted by molar-refractivity contribution is 5.31. The third-order valence-corrected chi connectivity index (χ3v) is 2.85. The van der Waals surface area contributed by atoms with E-state index in [0.717, 1.165) is 26.1 Å². The molecule has 1 aliphatic heterocycles. The van der Waals surface area contributed by atoms with Gasteiger partial charge < -0.3 is 10.1 Å². The van der Waals surface area contributed by atoms with Crippen LogP contribution in [0.3, 0.4) is 0 Å². The van der Waals surface area contributed by atoms with E-state index in [9.17, 15) is 0 Å². The summed E-state index contributed by atoms with van der Waals surface area (Å²) in [6, 6.07) is 8.61. The highest BCUT2D eigenvalue weighted by Crippen LogP contribution is 2.25. The van der Waals surface area contributed by atoms with Crippen molar-refractivity contribution in [2.24, 2.45) is 0 Å². The maximum Gasteiger partial charge on any atom is 0.0952 e. The zero-order chi connectivity index (χ0) is 10.5. The van der Waals surface area contributed by atoms with Crippen LogP contribution in [0.5, 0.6) is 0 Å². The number of rotatable bonds is 4. The van der Waals surface area contributed by atoms with Crippen LogP contribution in [0.25, 0.3) is 0 Å². The molecule has 15 heavy (non-hydrogen) atoms. The van der Waals surface area contributed by atoms with E-state index in [0.29, 0.717) is 0 Å². The normalized spacial score (nSPS) is 19.9. The van der Waals surface area contributed by atoms with Gasteiger partial charge in [-0.25, -0.2) is 0 Å². The molecule has 0 saturated heterocycles. The molecule has 0 radical (unpaired) electrons. The van der Waals surface area contributed by atoms with Gasteiger partial charge in [0.15, 0.2) is 0 Å². The van der Waals surface area contributed by atoms with Crippen LogP contribution in [-0.4, -0.2) is 19.7 Å². The summed E-state index contributed by atoms with van der Waals surface area (Å²) in [7, 11) is 0. The molecular formula is C13H19NO. The Morgan fingerprint density at radius 3 is 3.13 bits per heavy atom. The highest BCUT2D eigenvalue weighted by Gasteiger charge is 2.19. The number of fused-ring (bicyclic) bond motifs is 1. The summed E-state index contributed by atoms with van der Waals surface area (Å²) < 4.78 is 5.79. The first-order valence-corrected chi connectivity index (χ1v) is 5.82. The molecule has 0 aliphatic carbocycles. The van der Waals surface area contributed by atoms with Crippen molar-refractivity contribution in [3.05, 3.63) is 35.4 Å². The summed E-state index contributed by atoms with van der Waals surface area (Å²) in [4.78, 5) is 0. The lowest BCUT2D eigenvalue weighted by Gasteiger charge is -2.26. The van der Waals surface area contributed by atoms with Crippen molar-refractivity contribution >= 4 is 0 Å². The zero-order valence-corrected chi connectivity index (χ0v) is 9.33. The molecule has 0 saturated carbocycles. The van der Waals surface area contributed by atoms with E-state index in [2.05, 4.69) is 36.5 Å². The topological polar surface area (TPSA) is 21.3 Å². The quantitative estimate of drug-likeness (QED) is 0.762. The minimum absolute atomic E-state index is 0.251. The van der Waals surface area contributed by atoms with Gasteiger partial charge in [0, 0.05) is 6.54 Å². The molecule has 0 bridgehead atoms. The summed E-state index contributed by atoms with van der Waals surface area (Å²) in [5, 5.41) is 3.42. The second kappa shape index (κ2) is 5.29. The fraction of sp³-hybridized carbons (Fsp3) is 0.538. The van der Waals surface area contributed by atoms with Crippen molar-refractivity contribution in [3.63, 3.8) is 0 Å². The van der Waals surface area contributed by atoms with Gasteiger partial charge in [-0.05, 0) is 30.5 Å². The molecule has 0 amide bonds. The molecule has 0 fully saturated rings. The third kappa shape index (κ3) is 2.58. The molecule has 1 atom stereocenters. The van der Waals surface area contributed by atoms with Crippen molar-refractivity contribution in [2.75, 3.05) is 19.7 Å². The lowest BCUT2D eigenvalue weighted by Crippen LogP contribution is -2.27. The van der Waals surface area contributed by atoms with E-state index >= 15 is 0 Å². The van der Waals surface area contributed by atoms with Crippen LogP contribution in [0.2, 0.25) is 0 Å². The van der Waals surface area contributed by atoms with Crippen LogP contribution in [0.15, 0.2) is 24.3 Å². The van der Waals surface area contributed by atoms with Crippen molar-refractivity contribution < 1.29 is 4.74 Å². The average Bonchev–Trinajstić information content (AvgIpc) is 2.30. The third-order valence-electron chi connectivity index (χ3n) is 2.85. The Bertz CT molecular complexity index is 311. The van der Waals surface area contributed by atoms with E-state index in [1.807, 2.05) is 0 Å². The van der Waals surface area contributed by atoms with E-state index in [-0.39, 0.29) is 6.10 Å². The monoisotopic (exact) mass is 205 g/mol. The fourth-order valence-electron chi connectivity index (χ4n) is 2.06. The van der Waals surface area contributed by atoms with Gasteiger partial charge in [0.25, 0.3) is 0 Å². The van der Waals surface area contributed by atoms with Gasteiger partial charge in [-0.2, -0.15) is 0 Å². The van der Waals surface area contributed by atoms with Crippen LogP contribution in [0.1, 0.15) is 30.6 Å². The zero-order valence-electron chi connectivity index (χ0n) is 9.33. The molecule has 0 spiro atoms. The number of benzene rings is 1. The van der Waals surface area contributed by atoms with Gasteiger partial charge in [0.05, 0.1) is 12.7 Å². The first kappa shape index (κ1) is 10.7. The standard InChI is InChI=1S/C13H19NO/c1-2-8-14-10-13-12-6-4-3-5-11(12)7-9-15-13/h3-6,13-14H,2,7-10H2,1H3/t13-/m0/s1. The largest absolute Gasteiger partial charge is 0.372 e. The lowest BCUT2D eigenvalue weighted by molar-refractivity contribution is 0.0427. The maximum absolute atomic E-state index is 5.79. The molecule has 1 aromatic carbocycles. The van der Waals surface area contributed by atoms with Crippen molar-refractivity contribution in [1.29, 1.82) is 0 Å². The average molecular weight is 205 g/mol. The minimum Gasteiger partial charge on any atom is -0.372 e. The van der Waals surface area contributed by atoms with Crippen molar-refractivity contribution in [3.8, 4) is 0 Å². The smallest absolute Gasteiger partial charge is 0.0952 e. The molecule has 82 valence electrons. The Kier molecular flexibility index (Phi) is 3.75. The van der Waals surface area contributed by atoms with E-state index in [1.54, 1.807) is 0 Å². The molecule has 2 nitrogen and oxygen atoms in total. The second-order valence-electron chi connectivity index (χ2n) is 4.01. The predicted octanol–water partition coefficient (Wildman–Crippen LogP) is 2.30. The summed E-state index contributed by atoms with van der Waals surface area (Å²) in [6.07, 6.45) is 2.48. The van der Waals surface area contributed by atoms with E-state index < -0.39 is 0 Å². The van der Waals surface area contributed by atoms with Crippen LogP contribution in [0, 0.1) is 0 Å². The first-order chi connectivity index (χ1) is 7.42. The predicted molar refractivity (Wildman–Crippen MR) is 62.0 cm³/mol. The molecule has 0 unspecified atom stereocenters. The number of hydrogen-bond donors (Lipinski definition) is 1. The van der Waals surface area contributed by atoms with Gasteiger partial charge in [-0.3, -0.25) is 0 Å². The molecule has 1 heterocycles. The van der Waals surface area contributed by atoms with Crippen molar-refractivity contribution in [1.82, 2.24) is 5.32 Å². The molecule has 1 aromatic rings. The maximum atomic E-state index is 5.79. The molecular weight excluding hydrogens is 186 g/mol. The summed E-state index contributed by atoms with van der Waals surface area (Å²) in [5.74, 6) is 0. The van der Waals surface area contributed by atoms with Gasteiger partial charge in [0.1, 0.15) is 0 Å². The lowest BCUT2D eigenvalue weighted by atomic mass is 9.97. The molecule has 2 rings (SSSR count). The molecule has 1 aliphatic rings. The van der Waals surface area contributed by atoms with Crippen LogP contribution < -0.4 is 5.32 Å². The minimum atomic E-state index is 0.251. The molecule has 0 aromatic heterocycles.